The number of benzene rings is 1. The molecule has 42 heavy (non-hydrogen) atoms. The number of pyridine rings is 1. The molecule has 0 unspecified atom stereocenters. The Morgan fingerprint density at radius 2 is 1.90 bits per heavy atom. The monoisotopic (exact) mass is 584 g/mol. The zero-order chi connectivity index (χ0) is 30.7. The van der Waals surface area contributed by atoms with Crippen molar-refractivity contribution >= 4 is 52.8 Å². The number of rotatable bonds is 8. The second-order valence-corrected chi connectivity index (χ2v) is 11.0. The number of allylic oxidation sites excluding steroid dienone is 4. The minimum atomic E-state index is -0.495. The fourth-order valence-corrected chi connectivity index (χ4v) is 5.62. The topological polar surface area (TPSA) is 83.7 Å². The quantitative estimate of drug-likeness (QED) is 0.172. The second-order valence-electron chi connectivity index (χ2n) is 10.6. The highest BCUT2D eigenvalue weighted by Gasteiger charge is 2.30. The van der Waals surface area contributed by atoms with E-state index < -0.39 is 5.69 Å². The van der Waals surface area contributed by atoms with Gasteiger partial charge in [0.05, 0.1) is 27.5 Å². The van der Waals surface area contributed by atoms with Gasteiger partial charge < -0.3 is 9.80 Å². The summed E-state index contributed by atoms with van der Waals surface area (Å²) >= 11 is 6.95. The van der Waals surface area contributed by atoms with Crippen molar-refractivity contribution in [1.29, 1.82) is 0 Å². The van der Waals surface area contributed by atoms with E-state index in [9.17, 15) is 9.59 Å². The van der Waals surface area contributed by atoms with Crippen LogP contribution in [0.4, 0.5) is 5.82 Å². The summed E-state index contributed by atoms with van der Waals surface area (Å²) in [6, 6.07) is 9.40. The van der Waals surface area contributed by atoms with Gasteiger partial charge in [-0.2, -0.15) is 4.98 Å². The number of fused-ring (bicyclic) bond motifs is 1. The third-order valence-corrected chi connectivity index (χ3v) is 7.90. The lowest BCUT2D eigenvalue weighted by molar-refractivity contribution is -0.126. The first kappa shape index (κ1) is 30.7. The zero-order valence-electron chi connectivity index (χ0n) is 24.9. The van der Waals surface area contributed by atoms with Crippen molar-refractivity contribution in [3.05, 3.63) is 88.0 Å². The van der Waals surface area contributed by atoms with E-state index in [2.05, 4.69) is 29.9 Å². The van der Waals surface area contributed by atoms with Gasteiger partial charge in [0.15, 0.2) is 5.65 Å². The van der Waals surface area contributed by atoms with E-state index in [-0.39, 0.29) is 17.9 Å². The van der Waals surface area contributed by atoms with Crippen LogP contribution in [0.2, 0.25) is 5.02 Å². The molecule has 0 bridgehead atoms. The molecule has 1 aliphatic heterocycles. The molecule has 4 rings (SSSR count). The van der Waals surface area contributed by atoms with Crippen LogP contribution in [0.5, 0.6) is 0 Å². The number of anilines is 1. The van der Waals surface area contributed by atoms with Crippen molar-refractivity contribution in [3.8, 4) is 11.3 Å². The molecule has 0 saturated carbocycles. The lowest BCUT2D eigenvalue weighted by Gasteiger charge is -2.40. The molecule has 1 aromatic carbocycles. The lowest BCUT2D eigenvalue weighted by Crippen LogP contribution is -2.54. The number of hydrogen-bond donors (Lipinski definition) is 0. The van der Waals surface area contributed by atoms with Crippen LogP contribution >= 0.6 is 11.6 Å². The van der Waals surface area contributed by atoms with Crippen LogP contribution in [0.15, 0.2) is 76.7 Å². The van der Waals surface area contributed by atoms with Crippen molar-refractivity contribution in [1.82, 2.24) is 19.4 Å². The molecule has 0 spiro atoms. The Bertz CT molecular complexity index is 1700. The molecule has 9 heteroatoms. The van der Waals surface area contributed by atoms with Crippen molar-refractivity contribution in [2.45, 2.75) is 40.7 Å². The number of aromatic nitrogens is 3. The maximum absolute atomic E-state index is 14.1. The number of halogens is 1. The third-order valence-electron chi connectivity index (χ3n) is 7.61. The fraction of sp³-hybridized carbons (Fsp3) is 0.303. The van der Waals surface area contributed by atoms with Crippen LogP contribution < -0.4 is 10.6 Å². The smallest absolute Gasteiger partial charge is 0.350 e. The molecule has 0 N–H and O–H groups in total. The summed E-state index contributed by atoms with van der Waals surface area (Å²) in [5, 5.41) is 1.03. The number of piperazine rings is 1. The minimum Gasteiger partial charge on any atom is -0.350 e. The van der Waals surface area contributed by atoms with E-state index in [4.69, 9.17) is 16.6 Å². The van der Waals surface area contributed by atoms with E-state index in [1.54, 1.807) is 11.0 Å². The van der Waals surface area contributed by atoms with Gasteiger partial charge in [-0.05, 0) is 56.7 Å². The Kier molecular flexibility index (Phi) is 9.27. The minimum absolute atomic E-state index is 0.0298. The second kappa shape index (κ2) is 12.7. The Hall–Kier alpha value is -4.30. The molecule has 1 saturated heterocycles. The van der Waals surface area contributed by atoms with Gasteiger partial charge in [0.2, 0.25) is 5.91 Å². The summed E-state index contributed by atoms with van der Waals surface area (Å²) in [5.41, 5.74) is 4.15. The van der Waals surface area contributed by atoms with E-state index in [0.29, 0.717) is 58.6 Å². The van der Waals surface area contributed by atoms with Crippen LogP contribution in [0.25, 0.3) is 34.1 Å². The highest BCUT2D eigenvalue weighted by molar-refractivity contribution is 6.34. The van der Waals surface area contributed by atoms with Gasteiger partial charge in [-0.25, -0.2) is 14.3 Å². The molecular formula is C33H37ClN6O2. The van der Waals surface area contributed by atoms with Gasteiger partial charge in [0.1, 0.15) is 5.82 Å². The molecule has 1 amide bonds. The normalized spacial score (nSPS) is 16.5. The summed E-state index contributed by atoms with van der Waals surface area (Å²) in [7, 11) is 0. The molecular weight excluding hydrogens is 548 g/mol. The number of hydrogen-bond acceptors (Lipinski definition) is 6. The summed E-state index contributed by atoms with van der Waals surface area (Å²) in [6.45, 7) is 22.6. The van der Waals surface area contributed by atoms with E-state index in [1.807, 2.05) is 75.9 Å². The van der Waals surface area contributed by atoms with Crippen LogP contribution in [0, 0.1) is 5.92 Å². The van der Waals surface area contributed by atoms with E-state index in [1.165, 1.54) is 10.6 Å². The fourth-order valence-electron chi connectivity index (χ4n) is 5.37. The SMILES string of the molecule is C=CC(=O)N1CCN(c2nc(=O)n(C(/C(C)=C\C)=C(/N=C)C(C)C)c3nc(-c4ccccc4C=C)c(Cl)cc23)[C@@H](C)C1. The predicted molar refractivity (Wildman–Crippen MR) is 175 cm³/mol. The number of carbonyl (C=O) groups is 1. The predicted octanol–water partition coefficient (Wildman–Crippen LogP) is 6.47. The molecule has 3 aromatic rings. The third kappa shape index (κ3) is 5.59. The van der Waals surface area contributed by atoms with Crippen LogP contribution in [-0.4, -0.2) is 57.7 Å². The van der Waals surface area contributed by atoms with Crippen LogP contribution in [0.3, 0.4) is 0 Å². The first-order valence-electron chi connectivity index (χ1n) is 13.9. The van der Waals surface area contributed by atoms with Gasteiger partial charge in [0.25, 0.3) is 0 Å². The Balaban J connectivity index is 2.11. The maximum atomic E-state index is 14.1. The van der Waals surface area contributed by atoms with Crippen LogP contribution in [-0.2, 0) is 4.79 Å². The zero-order valence-corrected chi connectivity index (χ0v) is 25.6. The number of amides is 1. The Morgan fingerprint density at radius 1 is 1.19 bits per heavy atom. The standard InChI is InChI=1S/C33H37ClN6O2/c1-9-21(6)30(28(35-8)20(4)5)40-32-25(18-26(34)29(36-32)24-15-13-12-14-23(24)10-2)31(37-33(40)42)39-17-16-38(19-22(39)7)27(41)11-3/h9-15,18,20,22H,2-3,8,16-17,19H2,1,4-7H3/b21-9-,30-28+/t22-/m0/s1. The largest absolute Gasteiger partial charge is 0.355 e. The summed E-state index contributed by atoms with van der Waals surface area (Å²) in [5.74, 6) is 0.315. The van der Waals surface area contributed by atoms with Gasteiger partial charge in [0, 0.05) is 31.2 Å². The van der Waals surface area contributed by atoms with Crippen molar-refractivity contribution in [2.75, 3.05) is 24.5 Å². The Labute approximate surface area is 252 Å². The van der Waals surface area contributed by atoms with Crippen molar-refractivity contribution in [3.63, 3.8) is 0 Å². The number of aliphatic imine (C=N–C) groups is 1. The lowest BCUT2D eigenvalue weighted by atomic mass is 10.0. The highest BCUT2D eigenvalue weighted by atomic mass is 35.5. The number of nitrogens with zero attached hydrogens (tertiary/aromatic N) is 6. The average molecular weight is 585 g/mol. The molecule has 2 aromatic heterocycles. The maximum Gasteiger partial charge on any atom is 0.355 e. The van der Waals surface area contributed by atoms with Crippen LogP contribution in [0.1, 0.15) is 40.2 Å². The molecule has 3 heterocycles. The van der Waals surface area contributed by atoms with Crippen molar-refractivity contribution < 1.29 is 4.79 Å². The molecule has 8 nitrogen and oxygen atoms in total. The molecule has 1 aliphatic rings. The van der Waals surface area contributed by atoms with Gasteiger partial charge in [-0.3, -0.25) is 9.79 Å². The molecule has 0 radical (unpaired) electrons. The molecule has 1 fully saturated rings. The van der Waals surface area contributed by atoms with E-state index in [0.717, 1.165) is 16.7 Å². The average Bonchev–Trinajstić information content (AvgIpc) is 2.98. The summed E-state index contributed by atoms with van der Waals surface area (Å²) in [6.07, 6.45) is 5.00. The summed E-state index contributed by atoms with van der Waals surface area (Å²) in [4.78, 5) is 44.3. The Morgan fingerprint density at radius 3 is 2.50 bits per heavy atom. The first-order valence-corrected chi connectivity index (χ1v) is 14.3. The van der Waals surface area contributed by atoms with Gasteiger partial charge >= 0.3 is 5.69 Å². The highest BCUT2D eigenvalue weighted by Crippen LogP contribution is 2.37. The molecule has 218 valence electrons. The van der Waals surface area contributed by atoms with E-state index >= 15 is 0 Å². The molecule has 0 aliphatic carbocycles. The van der Waals surface area contributed by atoms with Gasteiger partial charge in [-0.1, -0.05) is 75.0 Å². The summed E-state index contributed by atoms with van der Waals surface area (Å²) < 4.78 is 1.52. The first-order chi connectivity index (χ1) is 20.1. The number of carbonyl (C=O) groups excluding carboxylic acids is 1. The van der Waals surface area contributed by atoms with Gasteiger partial charge in [-0.15, -0.1) is 0 Å². The van der Waals surface area contributed by atoms with Crippen molar-refractivity contribution in [2.24, 2.45) is 10.9 Å². The molecule has 1 atom stereocenters.